The van der Waals surface area contributed by atoms with Gasteiger partial charge in [-0.1, -0.05) is 6.07 Å². The molecule has 0 fully saturated rings. The number of rotatable bonds is 6. The fourth-order valence-corrected chi connectivity index (χ4v) is 1.23. The summed E-state index contributed by atoms with van der Waals surface area (Å²) in [5, 5.41) is 0. The standard InChI is InChI=1S/C12H15FO2/c1-10-5-6-11(13)12(9-10)15-8-4-2-3-7-14/h5-7,9H,2-4,8H2,1H3. The predicted octanol–water partition coefficient (Wildman–Crippen LogP) is 2.88. The van der Waals surface area contributed by atoms with Crippen LogP contribution in [0.15, 0.2) is 18.2 Å². The van der Waals surface area contributed by atoms with Crippen LogP contribution in [0.3, 0.4) is 0 Å². The van der Waals surface area contributed by atoms with Gasteiger partial charge in [0.05, 0.1) is 6.61 Å². The smallest absolute Gasteiger partial charge is 0.165 e. The van der Waals surface area contributed by atoms with Crippen molar-refractivity contribution in [3.63, 3.8) is 0 Å². The maximum absolute atomic E-state index is 13.2. The second-order valence-electron chi connectivity index (χ2n) is 3.44. The van der Waals surface area contributed by atoms with E-state index in [9.17, 15) is 9.18 Å². The van der Waals surface area contributed by atoms with Gasteiger partial charge in [0.2, 0.25) is 0 Å². The van der Waals surface area contributed by atoms with E-state index < -0.39 is 0 Å². The van der Waals surface area contributed by atoms with Gasteiger partial charge in [0.1, 0.15) is 6.29 Å². The second kappa shape index (κ2) is 6.17. The number of hydrogen-bond acceptors (Lipinski definition) is 2. The lowest BCUT2D eigenvalue weighted by atomic mass is 10.2. The Labute approximate surface area is 89.1 Å². The first-order chi connectivity index (χ1) is 7.24. The third kappa shape index (κ3) is 4.11. The van der Waals surface area contributed by atoms with E-state index in [1.165, 1.54) is 6.07 Å². The van der Waals surface area contributed by atoms with Crippen molar-refractivity contribution < 1.29 is 13.9 Å². The number of unbranched alkanes of at least 4 members (excludes halogenated alkanes) is 2. The average molecular weight is 210 g/mol. The Bertz CT molecular complexity index is 323. The minimum absolute atomic E-state index is 0.293. The monoisotopic (exact) mass is 210 g/mol. The molecule has 0 aliphatic carbocycles. The summed E-state index contributed by atoms with van der Waals surface area (Å²) in [6.07, 6.45) is 2.98. The van der Waals surface area contributed by atoms with Crippen LogP contribution in [0.5, 0.6) is 5.75 Å². The van der Waals surface area contributed by atoms with Crippen LogP contribution >= 0.6 is 0 Å². The molecule has 1 aromatic rings. The van der Waals surface area contributed by atoms with Gasteiger partial charge in [-0.15, -0.1) is 0 Å². The van der Waals surface area contributed by atoms with Crippen LogP contribution in [0.2, 0.25) is 0 Å². The molecule has 0 spiro atoms. The van der Waals surface area contributed by atoms with Crippen LogP contribution < -0.4 is 4.74 Å². The maximum Gasteiger partial charge on any atom is 0.165 e. The Morgan fingerprint density at radius 2 is 2.20 bits per heavy atom. The first kappa shape index (κ1) is 11.7. The molecular weight excluding hydrogens is 195 g/mol. The van der Waals surface area contributed by atoms with E-state index >= 15 is 0 Å². The summed E-state index contributed by atoms with van der Waals surface area (Å²) in [5.74, 6) is -0.0444. The number of hydrogen-bond donors (Lipinski definition) is 0. The first-order valence-corrected chi connectivity index (χ1v) is 5.06. The fraction of sp³-hybridized carbons (Fsp3) is 0.417. The van der Waals surface area contributed by atoms with Gasteiger partial charge in [-0.25, -0.2) is 4.39 Å². The maximum atomic E-state index is 13.2. The average Bonchev–Trinajstić information content (AvgIpc) is 2.23. The van der Waals surface area contributed by atoms with E-state index in [-0.39, 0.29) is 5.82 Å². The molecule has 0 aliphatic heterocycles. The molecule has 1 rings (SSSR count). The number of aryl methyl sites for hydroxylation is 1. The number of carbonyl (C=O) groups excluding carboxylic acids is 1. The van der Waals surface area contributed by atoms with Crippen LogP contribution in [0.4, 0.5) is 4.39 Å². The van der Waals surface area contributed by atoms with Crippen LogP contribution in [0, 0.1) is 12.7 Å². The third-order valence-corrected chi connectivity index (χ3v) is 2.06. The van der Waals surface area contributed by atoms with Crippen molar-refractivity contribution >= 4 is 6.29 Å². The predicted molar refractivity (Wildman–Crippen MR) is 56.5 cm³/mol. The van der Waals surface area contributed by atoms with E-state index in [1.54, 1.807) is 12.1 Å². The van der Waals surface area contributed by atoms with E-state index in [0.717, 1.165) is 24.7 Å². The van der Waals surface area contributed by atoms with Gasteiger partial charge < -0.3 is 9.53 Å². The molecule has 0 aliphatic rings. The molecule has 15 heavy (non-hydrogen) atoms. The van der Waals surface area contributed by atoms with E-state index in [2.05, 4.69) is 0 Å². The lowest BCUT2D eigenvalue weighted by Crippen LogP contribution is -1.99. The van der Waals surface area contributed by atoms with Crippen molar-refractivity contribution in [2.75, 3.05) is 6.61 Å². The molecule has 0 aromatic heterocycles. The highest BCUT2D eigenvalue weighted by Crippen LogP contribution is 2.18. The Morgan fingerprint density at radius 3 is 2.93 bits per heavy atom. The summed E-state index contributed by atoms with van der Waals surface area (Å²) >= 11 is 0. The normalized spacial score (nSPS) is 10.0. The number of ether oxygens (including phenoxy) is 1. The van der Waals surface area contributed by atoms with Crippen LogP contribution in [-0.4, -0.2) is 12.9 Å². The largest absolute Gasteiger partial charge is 0.491 e. The number of halogens is 1. The van der Waals surface area contributed by atoms with Gasteiger partial charge >= 0.3 is 0 Å². The van der Waals surface area contributed by atoms with Gasteiger partial charge in [-0.05, 0) is 37.5 Å². The van der Waals surface area contributed by atoms with Crippen molar-refractivity contribution in [3.05, 3.63) is 29.6 Å². The van der Waals surface area contributed by atoms with Gasteiger partial charge in [-0.3, -0.25) is 0 Å². The van der Waals surface area contributed by atoms with Gasteiger partial charge in [-0.2, -0.15) is 0 Å². The summed E-state index contributed by atoms with van der Waals surface area (Å²) in [4.78, 5) is 10.0. The minimum Gasteiger partial charge on any atom is -0.491 e. The summed E-state index contributed by atoms with van der Waals surface area (Å²) < 4.78 is 18.4. The number of aldehydes is 1. The quantitative estimate of drug-likeness (QED) is 0.533. The van der Waals surface area contributed by atoms with Crippen LogP contribution in [0.1, 0.15) is 24.8 Å². The zero-order valence-electron chi connectivity index (χ0n) is 8.83. The first-order valence-electron chi connectivity index (χ1n) is 5.06. The molecule has 0 saturated carbocycles. The molecule has 82 valence electrons. The molecule has 0 N–H and O–H groups in total. The Hall–Kier alpha value is -1.38. The van der Waals surface area contributed by atoms with Crippen LogP contribution in [0.25, 0.3) is 0 Å². The van der Waals surface area contributed by atoms with Crippen molar-refractivity contribution in [1.29, 1.82) is 0 Å². The van der Waals surface area contributed by atoms with Crippen LogP contribution in [-0.2, 0) is 4.79 Å². The molecule has 1 aromatic carbocycles. The van der Waals surface area contributed by atoms with E-state index in [0.29, 0.717) is 18.8 Å². The molecular formula is C12H15FO2. The SMILES string of the molecule is Cc1ccc(F)c(OCCCCC=O)c1. The zero-order valence-corrected chi connectivity index (χ0v) is 8.83. The van der Waals surface area contributed by atoms with Crippen molar-refractivity contribution in [3.8, 4) is 5.75 Å². The minimum atomic E-state index is -0.337. The molecule has 0 saturated heterocycles. The molecule has 0 unspecified atom stereocenters. The lowest BCUT2D eigenvalue weighted by Gasteiger charge is -2.07. The van der Waals surface area contributed by atoms with Gasteiger partial charge in [0, 0.05) is 6.42 Å². The molecule has 0 heterocycles. The Kier molecular flexibility index (Phi) is 4.81. The summed E-state index contributed by atoms with van der Waals surface area (Å²) in [6, 6.07) is 4.78. The van der Waals surface area contributed by atoms with E-state index in [1.807, 2.05) is 6.92 Å². The Balaban J connectivity index is 2.36. The number of carbonyl (C=O) groups is 1. The molecule has 0 atom stereocenters. The summed E-state index contributed by atoms with van der Waals surface area (Å²) in [7, 11) is 0. The zero-order chi connectivity index (χ0) is 11.1. The van der Waals surface area contributed by atoms with Crippen molar-refractivity contribution in [2.24, 2.45) is 0 Å². The van der Waals surface area contributed by atoms with Crippen molar-refractivity contribution in [2.45, 2.75) is 26.2 Å². The van der Waals surface area contributed by atoms with Gasteiger partial charge in [0.25, 0.3) is 0 Å². The highest BCUT2D eigenvalue weighted by atomic mass is 19.1. The molecule has 3 heteroatoms. The molecule has 0 radical (unpaired) electrons. The lowest BCUT2D eigenvalue weighted by molar-refractivity contribution is -0.107. The number of benzene rings is 1. The topological polar surface area (TPSA) is 26.3 Å². The highest BCUT2D eigenvalue weighted by molar-refractivity contribution is 5.48. The van der Waals surface area contributed by atoms with Gasteiger partial charge in [0.15, 0.2) is 11.6 Å². The summed E-state index contributed by atoms with van der Waals surface area (Å²) in [6.45, 7) is 2.34. The fourth-order valence-electron chi connectivity index (χ4n) is 1.23. The second-order valence-corrected chi connectivity index (χ2v) is 3.44. The van der Waals surface area contributed by atoms with E-state index in [4.69, 9.17) is 4.74 Å². The summed E-state index contributed by atoms with van der Waals surface area (Å²) in [5.41, 5.74) is 0.972. The third-order valence-electron chi connectivity index (χ3n) is 2.06. The molecule has 0 bridgehead atoms. The molecule has 2 nitrogen and oxygen atoms in total. The Morgan fingerprint density at radius 1 is 1.40 bits per heavy atom. The van der Waals surface area contributed by atoms with Crippen molar-refractivity contribution in [1.82, 2.24) is 0 Å². The molecule has 0 amide bonds. The highest BCUT2D eigenvalue weighted by Gasteiger charge is 2.02.